The number of rotatable bonds is 3. The van der Waals surface area contributed by atoms with Crippen LogP contribution in [0.25, 0.3) is 0 Å². The Kier molecular flexibility index (Phi) is 6.30. The molecule has 1 aliphatic carbocycles. The Balaban J connectivity index is 0.00000180. The summed E-state index contributed by atoms with van der Waals surface area (Å²) in [5.74, 6) is 0.445. The zero-order valence-electron chi connectivity index (χ0n) is 11.0. The third-order valence-corrected chi connectivity index (χ3v) is 4.65. The normalized spacial score (nSPS) is 21.8. The molecule has 3 N–H and O–H groups in total. The number of benzene rings is 1. The molecule has 1 saturated carbocycles. The largest absolute Gasteiger partial charge is 0.349 e. The van der Waals surface area contributed by atoms with Crippen molar-refractivity contribution in [2.75, 3.05) is 6.54 Å². The van der Waals surface area contributed by atoms with Gasteiger partial charge < -0.3 is 11.1 Å². The van der Waals surface area contributed by atoms with E-state index in [9.17, 15) is 4.79 Å². The van der Waals surface area contributed by atoms with Gasteiger partial charge in [0.2, 0.25) is 0 Å². The lowest BCUT2D eigenvalue weighted by Crippen LogP contribution is -2.40. The Morgan fingerprint density at radius 3 is 2.89 bits per heavy atom. The minimum atomic E-state index is 0. The second-order valence-electron chi connectivity index (χ2n) is 4.92. The van der Waals surface area contributed by atoms with Crippen LogP contribution in [0.4, 0.5) is 0 Å². The van der Waals surface area contributed by atoms with E-state index in [-0.39, 0.29) is 24.4 Å². The van der Waals surface area contributed by atoms with Gasteiger partial charge in [0.1, 0.15) is 0 Å². The van der Waals surface area contributed by atoms with Crippen molar-refractivity contribution >= 4 is 34.2 Å². The molecule has 3 nitrogen and oxygen atoms in total. The molecule has 0 heterocycles. The van der Waals surface area contributed by atoms with Crippen LogP contribution in [0.2, 0.25) is 0 Å². The van der Waals surface area contributed by atoms with Crippen molar-refractivity contribution in [3.8, 4) is 0 Å². The predicted octanol–water partition coefficient (Wildman–Crippen LogP) is 3.04. The quantitative estimate of drug-likeness (QED) is 0.883. The SMILES string of the molecule is Cc1c(Br)cccc1C(=O)NC1CCCC1CN.Cl. The summed E-state index contributed by atoms with van der Waals surface area (Å²) in [6.45, 7) is 2.61. The number of carbonyl (C=O) groups excluding carboxylic acids is 1. The van der Waals surface area contributed by atoms with Crippen LogP contribution in [-0.4, -0.2) is 18.5 Å². The van der Waals surface area contributed by atoms with Crippen molar-refractivity contribution in [3.63, 3.8) is 0 Å². The van der Waals surface area contributed by atoms with Gasteiger partial charge in [0, 0.05) is 16.1 Å². The van der Waals surface area contributed by atoms with Gasteiger partial charge in [-0.3, -0.25) is 4.79 Å². The summed E-state index contributed by atoms with van der Waals surface area (Å²) in [7, 11) is 0. The molecule has 2 atom stereocenters. The van der Waals surface area contributed by atoms with Gasteiger partial charge in [-0.2, -0.15) is 0 Å². The molecule has 1 fully saturated rings. The van der Waals surface area contributed by atoms with Crippen molar-refractivity contribution < 1.29 is 4.79 Å². The highest BCUT2D eigenvalue weighted by Gasteiger charge is 2.27. The van der Waals surface area contributed by atoms with Crippen molar-refractivity contribution in [1.82, 2.24) is 5.32 Å². The van der Waals surface area contributed by atoms with E-state index >= 15 is 0 Å². The molecule has 19 heavy (non-hydrogen) atoms. The maximum atomic E-state index is 12.3. The predicted molar refractivity (Wildman–Crippen MR) is 83.8 cm³/mol. The lowest BCUT2D eigenvalue weighted by atomic mass is 10.0. The molecular weight excluding hydrogens is 328 g/mol. The van der Waals surface area contributed by atoms with Gasteiger partial charge in [0.15, 0.2) is 0 Å². The van der Waals surface area contributed by atoms with Gasteiger partial charge in [0.25, 0.3) is 5.91 Å². The number of hydrogen-bond acceptors (Lipinski definition) is 2. The second-order valence-corrected chi connectivity index (χ2v) is 5.77. The standard InChI is InChI=1S/C14H19BrN2O.ClH/c1-9-11(5-3-6-12(9)15)14(18)17-13-7-2-4-10(13)8-16;/h3,5-6,10,13H,2,4,7-8,16H2,1H3,(H,17,18);1H. The molecule has 5 heteroatoms. The van der Waals surface area contributed by atoms with E-state index in [2.05, 4.69) is 21.2 Å². The maximum Gasteiger partial charge on any atom is 0.251 e. The van der Waals surface area contributed by atoms with Crippen LogP contribution in [0.1, 0.15) is 35.2 Å². The molecule has 1 amide bonds. The fourth-order valence-corrected chi connectivity index (χ4v) is 2.97. The summed E-state index contributed by atoms with van der Waals surface area (Å²) >= 11 is 3.45. The van der Waals surface area contributed by atoms with Gasteiger partial charge in [-0.05, 0) is 49.9 Å². The van der Waals surface area contributed by atoms with Crippen LogP contribution in [0.15, 0.2) is 22.7 Å². The van der Waals surface area contributed by atoms with Crippen molar-refractivity contribution in [2.45, 2.75) is 32.2 Å². The molecule has 2 rings (SSSR count). The first-order chi connectivity index (χ1) is 8.63. The van der Waals surface area contributed by atoms with Crippen LogP contribution in [0.5, 0.6) is 0 Å². The number of nitrogens with two attached hydrogens (primary N) is 1. The molecule has 0 bridgehead atoms. The van der Waals surface area contributed by atoms with Crippen LogP contribution < -0.4 is 11.1 Å². The molecule has 0 saturated heterocycles. The Morgan fingerprint density at radius 2 is 2.21 bits per heavy atom. The van der Waals surface area contributed by atoms with Crippen LogP contribution in [0.3, 0.4) is 0 Å². The summed E-state index contributed by atoms with van der Waals surface area (Å²) < 4.78 is 0.969. The highest BCUT2D eigenvalue weighted by molar-refractivity contribution is 9.10. The van der Waals surface area contributed by atoms with E-state index < -0.39 is 0 Å². The van der Waals surface area contributed by atoms with Gasteiger partial charge in [-0.15, -0.1) is 12.4 Å². The first-order valence-corrected chi connectivity index (χ1v) is 7.19. The van der Waals surface area contributed by atoms with Gasteiger partial charge >= 0.3 is 0 Å². The van der Waals surface area contributed by atoms with Crippen LogP contribution in [0, 0.1) is 12.8 Å². The third kappa shape index (κ3) is 3.71. The average molecular weight is 348 g/mol. The van der Waals surface area contributed by atoms with E-state index in [1.807, 2.05) is 25.1 Å². The van der Waals surface area contributed by atoms with Crippen LogP contribution in [-0.2, 0) is 0 Å². The van der Waals surface area contributed by atoms with Gasteiger partial charge in [-0.1, -0.05) is 28.4 Å². The smallest absolute Gasteiger partial charge is 0.251 e. The van der Waals surface area contributed by atoms with E-state index in [0.717, 1.165) is 34.9 Å². The summed E-state index contributed by atoms with van der Waals surface area (Å²) in [4.78, 5) is 12.3. The van der Waals surface area contributed by atoms with Crippen molar-refractivity contribution in [3.05, 3.63) is 33.8 Å². The molecule has 0 radical (unpaired) electrons. The first-order valence-electron chi connectivity index (χ1n) is 6.39. The third-order valence-electron chi connectivity index (χ3n) is 3.79. The number of amides is 1. The Hall–Kier alpha value is -0.580. The summed E-state index contributed by atoms with van der Waals surface area (Å²) in [5, 5.41) is 3.12. The number of nitrogens with one attached hydrogen (secondary N) is 1. The summed E-state index contributed by atoms with van der Waals surface area (Å²) in [5.41, 5.74) is 7.46. The number of halogens is 2. The highest BCUT2D eigenvalue weighted by atomic mass is 79.9. The molecule has 0 aliphatic heterocycles. The van der Waals surface area contributed by atoms with E-state index in [1.54, 1.807) is 0 Å². The Labute approximate surface area is 128 Å². The Bertz CT molecular complexity index is 453. The number of hydrogen-bond donors (Lipinski definition) is 2. The zero-order valence-corrected chi connectivity index (χ0v) is 13.4. The molecule has 1 aliphatic rings. The fourth-order valence-electron chi connectivity index (χ4n) is 2.61. The molecule has 1 aromatic rings. The molecule has 0 spiro atoms. The minimum Gasteiger partial charge on any atom is -0.349 e. The molecule has 0 aromatic heterocycles. The summed E-state index contributed by atoms with van der Waals surface area (Å²) in [6, 6.07) is 5.94. The lowest BCUT2D eigenvalue weighted by molar-refractivity contribution is 0.0928. The summed E-state index contributed by atoms with van der Waals surface area (Å²) in [6.07, 6.45) is 3.32. The van der Waals surface area contributed by atoms with Crippen molar-refractivity contribution in [2.24, 2.45) is 11.7 Å². The maximum absolute atomic E-state index is 12.3. The topological polar surface area (TPSA) is 55.1 Å². The second kappa shape index (κ2) is 7.27. The van der Waals surface area contributed by atoms with E-state index in [0.29, 0.717) is 12.5 Å². The molecule has 1 aromatic carbocycles. The molecule has 106 valence electrons. The molecular formula is C14H20BrClN2O. The van der Waals surface area contributed by atoms with Crippen molar-refractivity contribution in [1.29, 1.82) is 0 Å². The van der Waals surface area contributed by atoms with Gasteiger partial charge in [-0.25, -0.2) is 0 Å². The molecule has 2 unspecified atom stereocenters. The Morgan fingerprint density at radius 1 is 1.47 bits per heavy atom. The highest BCUT2D eigenvalue weighted by Crippen LogP contribution is 2.25. The minimum absolute atomic E-state index is 0. The lowest BCUT2D eigenvalue weighted by Gasteiger charge is -2.20. The zero-order chi connectivity index (χ0) is 13.1. The van der Waals surface area contributed by atoms with Crippen LogP contribution >= 0.6 is 28.3 Å². The average Bonchev–Trinajstić information content (AvgIpc) is 2.79. The monoisotopic (exact) mass is 346 g/mol. The first kappa shape index (κ1) is 16.5. The van der Waals surface area contributed by atoms with E-state index in [4.69, 9.17) is 5.73 Å². The fraction of sp³-hybridized carbons (Fsp3) is 0.500. The number of carbonyl (C=O) groups is 1. The van der Waals surface area contributed by atoms with Gasteiger partial charge in [0.05, 0.1) is 0 Å². The van der Waals surface area contributed by atoms with E-state index in [1.165, 1.54) is 0 Å².